The first kappa shape index (κ1) is 18.4. The quantitative estimate of drug-likeness (QED) is 0.721. The maximum Gasteiger partial charge on any atom is 0.309 e. The summed E-state index contributed by atoms with van der Waals surface area (Å²) in [5.74, 6) is -0.537. The Kier molecular flexibility index (Phi) is 5.78. The number of ether oxygens (including phenoxy) is 1. The van der Waals surface area contributed by atoms with Crippen molar-refractivity contribution >= 4 is 38.9 Å². The highest BCUT2D eigenvalue weighted by Gasteiger charge is 2.33. The first-order valence-corrected chi connectivity index (χ1v) is 10.6. The summed E-state index contributed by atoms with van der Waals surface area (Å²) in [6, 6.07) is 10.4. The molecule has 0 amide bonds. The topological polar surface area (TPSA) is 63.7 Å². The van der Waals surface area contributed by atoms with Crippen LogP contribution in [0.5, 0.6) is 0 Å². The number of piperidine rings is 1. The van der Waals surface area contributed by atoms with Gasteiger partial charge in [0, 0.05) is 18.1 Å². The molecule has 2 aromatic rings. The molecule has 1 aliphatic heterocycles. The molecule has 0 N–H and O–H groups in total. The van der Waals surface area contributed by atoms with Crippen LogP contribution in [0.2, 0.25) is 5.02 Å². The van der Waals surface area contributed by atoms with Crippen molar-refractivity contribution < 1.29 is 17.9 Å². The van der Waals surface area contributed by atoms with E-state index in [2.05, 4.69) is 0 Å². The van der Waals surface area contributed by atoms with Gasteiger partial charge in [0.1, 0.15) is 10.8 Å². The summed E-state index contributed by atoms with van der Waals surface area (Å²) < 4.78 is 32.1. The van der Waals surface area contributed by atoms with Crippen LogP contribution in [-0.4, -0.2) is 31.8 Å². The highest BCUT2D eigenvalue weighted by molar-refractivity contribution is 7.91. The largest absolute Gasteiger partial charge is 0.461 e. The van der Waals surface area contributed by atoms with Crippen molar-refractivity contribution in [2.75, 3.05) is 13.1 Å². The number of rotatable bonds is 5. The summed E-state index contributed by atoms with van der Waals surface area (Å²) in [5, 5.41) is 2.38. The zero-order chi connectivity index (χ0) is 17.9. The van der Waals surface area contributed by atoms with Gasteiger partial charge >= 0.3 is 5.97 Å². The van der Waals surface area contributed by atoms with Gasteiger partial charge in [0.15, 0.2) is 0 Å². The minimum absolute atomic E-state index is 0.198. The lowest BCUT2D eigenvalue weighted by Crippen LogP contribution is -2.40. The number of nitrogens with zero attached hydrogens (tertiary/aromatic N) is 1. The van der Waals surface area contributed by atoms with E-state index in [0.29, 0.717) is 35.2 Å². The fourth-order valence-electron chi connectivity index (χ4n) is 2.72. The number of carbonyl (C=O) groups excluding carboxylic acids is 1. The van der Waals surface area contributed by atoms with Gasteiger partial charge in [0.2, 0.25) is 0 Å². The van der Waals surface area contributed by atoms with Crippen LogP contribution in [0.3, 0.4) is 0 Å². The molecule has 1 aromatic heterocycles. The molecule has 5 nitrogen and oxygen atoms in total. The van der Waals surface area contributed by atoms with Gasteiger partial charge in [-0.25, -0.2) is 8.42 Å². The van der Waals surface area contributed by atoms with E-state index in [1.807, 2.05) is 12.1 Å². The smallest absolute Gasteiger partial charge is 0.309 e. The van der Waals surface area contributed by atoms with Gasteiger partial charge in [0.25, 0.3) is 10.0 Å². The molecule has 0 unspecified atom stereocenters. The SMILES string of the molecule is O=C(OCc1ccc(Cl)cc1)C1CCN(S(=O)(=O)c2cccs2)CC1. The second-order valence-electron chi connectivity index (χ2n) is 5.84. The molecule has 3 rings (SSSR count). The van der Waals surface area contributed by atoms with Crippen molar-refractivity contribution in [2.24, 2.45) is 5.92 Å². The zero-order valence-electron chi connectivity index (χ0n) is 13.4. The molecule has 1 aromatic carbocycles. The molecule has 2 heterocycles. The van der Waals surface area contributed by atoms with Gasteiger partial charge in [0.05, 0.1) is 5.92 Å². The lowest BCUT2D eigenvalue weighted by Gasteiger charge is -2.29. The van der Waals surface area contributed by atoms with E-state index in [9.17, 15) is 13.2 Å². The third kappa shape index (κ3) is 4.41. The van der Waals surface area contributed by atoms with Gasteiger partial charge in [-0.05, 0) is 42.0 Å². The fraction of sp³-hybridized carbons (Fsp3) is 0.353. The lowest BCUT2D eigenvalue weighted by molar-refractivity contribution is -0.151. The van der Waals surface area contributed by atoms with Gasteiger partial charge < -0.3 is 4.74 Å². The van der Waals surface area contributed by atoms with Crippen LogP contribution >= 0.6 is 22.9 Å². The summed E-state index contributed by atoms with van der Waals surface area (Å²) in [6.45, 7) is 0.867. The van der Waals surface area contributed by atoms with E-state index in [4.69, 9.17) is 16.3 Å². The number of carbonyl (C=O) groups is 1. The van der Waals surface area contributed by atoms with Crippen LogP contribution in [0.1, 0.15) is 18.4 Å². The first-order valence-electron chi connectivity index (χ1n) is 7.91. The van der Waals surface area contributed by atoms with Crippen molar-refractivity contribution in [2.45, 2.75) is 23.7 Å². The molecular formula is C17H18ClNO4S2. The molecule has 0 aliphatic carbocycles. The Bertz CT molecular complexity index is 811. The van der Waals surface area contributed by atoms with E-state index in [1.165, 1.54) is 15.6 Å². The number of halogens is 1. The predicted octanol–water partition coefficient (Wildman–Crippen LogP) is 3.55. The van der Waals surface area contributed by atoms with Crippen LogP contribution in [0, 0.1) is 5.92 Å². The molecule has 25 heavy (non-hydrogen) atoms. The third-order valence-electron chi connectivity index (χ3n) is 4.17. The Morgan fingerprint density at radius 3 is 2.48 bits per heavy atom. The summed E-state index contributed by atoms with van der Waals surface area (Å²) in [7, 11) is -3.44. The summed E-state index contributed by atoms with van der Waals surface area (Å²) in [4.78, 5) is 12.2. The lowest BCUT2D eigenvalue weighted by atomic mass is 9.98. The van der Waals surface area contributed by atoms with E-state index < -0.39 is 10.0 Å². The molecule has 0 atom stereocenters. The highest BCUT2D eigenvalue weighted by atomic mass is 35.5. The molecule has 0 saturated carbocycles. The number of sulfonamides is 1. The fourth-order valence-corrected chi connectivity index (χ4v) is 5.46. The molecular weight excluding hydrogens is 382 g/mol. The minimum atomic E-state index is -3.44. The monoisotopic (exact) mass is 399 g/mol. The van der Waals surface area contributed by atoms with Crippen molar-refractivity contribution in [1.82, 2.24) is 4.31 Å². The van der Waals surface area contributed by atoms with Crippen LogP contribution in [-0.2, 0) is 26.2 Å². The van der Waals surface area contributed by atoms with Crippen LogP contribution in [0.25, 0.3) is 0 Å². The Balaban J connectivity index is 1.51. The Hall–Kier alpha value is -1.41. The van der Waals surface area contributed by atoms with E-state index in [1.54, 1.807) is 29.6 Å². The number of benzene rings is 1. The average molecular weight is 400 g/mol. The summed E-state index contributed by atoms with van der Waals surface area (Å²) in [5.41, 5.74) is 0.871. The van der Waals surface area contributed by atoms with E-state index in [0.717, 1.165) is 5.56 Å². The molecule has 1 aliphatic rings. The molecule has 134 valence electrons. The molecule has 0 radical (unpaired) electrons. The number of esters is 1. The van der Waals surface area contributed by atoms with Gasteiger partial charge in [-0.1, -0.05) is 29.8 Å². The maximum absolute atomic E-state index is 12.5. The van der Waals surface area contributed by atoms with E-state index in [-0.39, 0.29) is 18.5 Å². The van der Waals surface area contributed by atoms with Crippen LogP contribution < -0.4 is 0 Å². The normalized spacial score (nSPS) is 16.7. The summed E-state index contributed by atoms with van der Waals surface area (Å²) in [6.07, 6.45) is 0.952. The Morgan fingerprint density at radius 2 is 1.88 bits per heavy atom. The van der Waals surface area contributed by atoms with Gasteiger partial charge in [-0.2, -0.15) is 4.31 Å². The highest BCUT2D eigenvalue weighted by Crippen LogP contribution is 2.27. The maximum atomic E-state index is 12.5. The third-order valence-corrected chi connectivity index (χ3v) is 7.69. The minimum Gasteiger partial charge on any atom is -0.461 e. The Morgan fingerprint density at radius 1 is 1.20 bits per heavy atom. The molecule has 1 saturated heterocycles. The van der Waals surface area contributed by atoms with E-state index >= 15 is 0 Å². The second kappa shape index (κ2) is 7.86. The average Bonchev–Trinajstić information content (AvgIpc) is 3.16. The molecule has 8 heteroatoms. The predicted molar refractivity (Wildman–Crippen MR) is 97.0 cm³/mol. The van der Waals surface area contributed by atoms with Crippen molar-refractivity contribution in [3.05, 3.63) is 52.4 Å². The zero-order valence-corrected chi connectivity index (χ0v) is 15.8. The molecule has 0 bridgehead atoms. The number of thiophene rings is 1. The second-order valence-corrected chi connectivity index (χ2v) is 9.39. The molecule has 0 spiro atoms. The van der Waals surface area contributed by atoms with Gasteiger partial charge in [-0.3, -0.25) is 4.79 Å². The van der Waals surface area contributed by atoms with Crippen LogP contribution in [0.15, 0.2) is 46.0 Å². The number of hydrogen-bond donors (Lipinski definition) is 0. The molecule has 1 fully saturated rings. The first-order chi connectivity index (χ1) is 12.0. The van der Waals surface area contributed by atoms with Crippen molar-refractivity contribution in [1.29, 1.82) is 0 Å². The Labute approximate surface area is 156 Å². The van der Waals surface area contributed by atoms with Crippen molar-refractivity contribution in [3.63, 3.8) is 0 Å². The number of hydrogen-bond acceptors (Lipinski definition) is 5. The standard InChI is InChI=1S/C17H18ClNO4S2/c18-15-5-3-13(4-6-15)12-23-17(20)14-7-9-19(10-8-14)25(21,22)16-2-1-11-24-16/h1-6,11,14H,7-10,12H2. The van der Waals surface area contributed by atoms with Crippen LogP contribution in [0.4, 0.5) is 0 Å². The van der Waals surface area contributed by atoms with Crippen molar-refractivity contribution in [3.8, 4) is 0 Å². The summed E-state index contributed by atoms with van der Waals surface area (Å²) >= 11 is 7.03. The van der Waals surface area contributed by atoms with Gasteiger partial charge in [-0.15, -0.1) is 11.3 Å².